The number of benzene rings is 2. The molecular weight excluding hydrogens is 337 g/mol. The molecule has 2 aliphatic rings. The van der Waals surface area contributed by atoms with Gasteiger partial charge in [-0.1, -0.05) is 53.5 Å². The maximum Gasteiger partial charge on any atom is 0.353 e. The molecular formula is C17H11Cl2NO3. The van der Waals surface area contributed by atoms with Crippen LogP contribution in [0, 0.1) is 0 Å². The molecule has 1 aliphatic heterocycles. The Morgan fingerprint density at radius 1 is 1.13 bits per heavy atom. The number of pyridine rings is 1. The van der Waals surface area contributed by atoms with Crippen LogP contribution in [-0.4, -0.2) is 15.6 Å². The molecule has 0 atom stereocenters. The van der Waals surface area contributed by atoms with Gasteiger partial charge in [0.25, 0.3) is 0 Å². The highest BCUT2D eigenvalue weighted by Crippen LogP contribution is 2.38. The average Bonchev–Trinajstić information content (AvgIpc) is 2.53. The Morgan fingerprint density at radius 3 is 2.39 bits per heavy atom. The fourth-order valence-electron chi connectivity index (χ4n) is 2.67. The zero-order valence-corrected chi connectivity index (χ0v) is 13.5. The maximum absolute atomic E-state index is 12.4. The number of aromatic carboxylic acids is 1. The van der Waals surface area contributed by atoms with Crippen molar-refractivity contribution < 1.29 is 9.90 Å². The lowest BCUT2D eigenvalue weighted by Crippen LogP contribution is -2.17. The van der Waals surface area contributed by atoms with Crippen molar-refractivity contribution in [3.05, 3.63) is 68.6 Å². The first-order valence-electron chi connectivity index (χ1n) is 6.72. The molecule has 0 saturated heterocycles. The zero-order valence-electron chi connectivity index (χ0n) is 12.0. The third-order valence-electron chi connectivity index (χ3n) is 3.66. The van der Waals surface area contributed by atoms with Crippen LogP contribution in [0.4, 0.5) is 0 Å². The lowest BCUT2D eigenvalue weighted by Gasteiger charge is -2.19. The van der Waals surface area contributed by atoms with Crippen LogP contribution in [0.25, 0.3) is 22.3 Å². The second-order valence-corrected chi connectivity index (χ2v) is 5.88. The summed E-state index contributed by atoms with van der Waals surface area (Å²) in [7, 11) is 1.58. The van der Waals surface area contributed by atoms with Crippen LogP contribution in [0.3, 0.4) is 0 Å². The quantitative estimate of drug-likeness (QED) is 0.756. The van der Waals surface area contributed by atoms with Crippen LogP contribution in [0.2, 0.25) is 10.0 Å². The summed E-state index contributed by atoms with van der Waals surface area (Å²) in [6.07, 6.45) is 1.47. The first-order chi connectivity index (χ1) is 10.9. The van der Waals surface area contributed by atoms with Gasteiger partial charge in [-0.25, -0.2) is 4.79 Å². The molecule has 0 fully saturated rings. The van der Waals surface area contributed by atoms with Crippen LogP contribution in [0.1, 0.15) is 10.5 Å². The van der Waals surface area contributed by atoms with Crippen LogP contribution < -0.4 is 5.43 Å². The fourth-order valence-corrected chi connectivity index (χ4v) is 3.02. The second-order valence-electron chi connectivity index (χ2n) is 5.10. The molecule has 0 aromatic heterocycles. The molecule has 0 unspecified atom stereocenters. The molecule has 0 spiro atoms. The van der Waals surface area contributed by atoms with E-state index in [-0.39, 0.29) is 15.7 Å². The van der Waals surface area contributed by atoms with E-state index in [1.54, 1.807) is 31.3 Å². The Labute approximate surface area is 141 Å². The largest absolute Gasteiger partial charge is 0.477 e. The first-order valence-corrected chi connectivity index (χ1v) is 7.47. The molecule has 23 heavy (non-hydrogen) atoms. The summed E-state index contributed by atoms with van der Waals surface area (Å²) in [6.45, 7) is 0. The van der Waals surface area contributed by atoms with Crippen molar-refractivity contribution in [2.75, 3.05) is 0 Å². The van der Waals surface area contributed by atoms with E-state index in [1.165, 1.54) is 16.8 Å². The Kier molecular flexibility index (Phi) is 3.88. The number of carboxylic acid groups (broad SMARTS) is 1. The number of rotatable bonds is 2. The molecule has 1 N–H and O–H groups in total. The van der Waals surface area contributed by atoms with E-state index in [4.69, 9.17) is 23.2 Å². The monoisotopic (exact) mass is 347 g/mol. The number of carbonyl (C=O) groups is 1. The Balaban J connectivity index is 2.55. The van der Waals surface area contributed by atoms with Gasteiger partial charge in [0, 0.05) is 24.4 Å². The third kappa shape index (κ3) is 2.50. The second kappa shape index (κ2) is 5.72. The van der Waals surface area contributed by atoms with Crippen LogP contribution in [0.5, 0.6) is 0 Å². The van der Waals surface area contributed by atoms with Gasteiger partial charge in [0.15, 0.2) is 0 Å². The molecule has 3 rings (SSSR count). The van der Waals surface area contributed by atoms with E-state index < -0.39 is 11.4 Å². The summed E-state index contributed by atoms with van der Waals surface area (Å²) in [5, 5.41) is 9.64. The number of carboxylic acids is 1. The van der Waals surface area contributed by atoms with Gasteiger partial charge in [-0.2, -0.15) is 0 Å². The standard InChI is InChI=1S/C17H11Cl2NO3/c1-20-8-11-10(7-12(18)14(19)16(11)21)13(15(20)17(22)23)9-5-3-2-4-6-9/h2-8H,1H3,(H,22,23). The fraction of sp³-hybridized carbons (Fsp3) is 0.0588. The van der Waals surface area contributed by atoms with Crippen molar-refractivity contribution in [2.45, 2.75) is 0 Å². The number of hydrogen-bond acceptors (Lipinski definition) is 2. The van der Waals surface area contributed by atoms with Gasteiger partial charge in [-0.15, -0.1) is 0 Å². The van der Waals surface area contributed by atoms with Crippen LogP contribution in [-0.2, 0) is 7.05 Å². The van der Waals surface area contributed by atoms with E-state index in [0.29, 0.717) is 22.3 Å². The van der Waals surface area contributed by atoms with Crippen molar-refractivity contribution in [3.8, 4) is 22.3 Å². The van der Waals surface area contributed by atoms with E-state index in [1.807, 2.05) is 6.07 Å². The molecule has 0 radical (unpaired) electrons. The average molecular weight is 348 g/mol. The Hall–Kier alpha value is -2.30. The molecule has 0 amide bonds. The van der Waals surface area contributed by atoms with Crippen molar-refractivity contribution in [3.63, 3.8) is 0 Å². The number of aryl methyl sites for hydroxylation is 1. The summed E-state index contributed by atoms with van der Waals surface area (Å²) < 4.78 is 1.42. The van der Waals surface area contributed by atoms with E-state index in [2.05, 4.69) is 0 Å². The predicted molar refractivity (Wildman–Crippen MR) is 90.7 cm³/mol. The van der Waals surface area contributed by atoms with Crippen LogP contribution >= 0.6 is 23.2 Å². The highest BCUT2D eigenvalue weighted by atomic mass is 35.5. The molecule has 116 valence electrons. The SMILES string of the molecule is Cn1cc2c(=O)c(Cl)c(Cl)cc-2c(-c2ccccc2)c1C(=O)O. The summed E-state index contributed by atoms with van der Waals surface area (Å²) in [4.78, 5) is 24.1. The number of fused-ring (bicyclic) bond motifs is 1. The van der Waals surface area contributed by atoms with Gasteiger partial charge in [-0.05, 0) is 17.2 Å². The lowest BCUT2D eigenvalue weighted by atomic mass is 9.92. The molecule has 1 aromatic carbocycles. The van der Waals surface area contributed by atoms with E-state index >= 15 is 0 Å². The topological polar surface area (TPSA) is 59.3 Å². The summed E-state index contributed by atoms with van der Waals surface area (Å²) in [5.41, 5.74) is 1.56. The van der Waals surface area contributed by atoms with E-state index in [0.717, 1.165) is 0 Å². The van der Waals surface area contributed by atoms with Crippen molar-refractivity contribution in [2.24, 2.45) is 7.05 Å². The highest BCUT2D eigenvalue weighted by Gasteiger charge is 2.24. The maximum atomic E-state index is 12.4. The molecule has 6 heteroatoms. The van der Waals surface area contributed by atoms with Crippen molar-refractivity contribution in [1.82, 2.24) is 4.57 Å². The minimum Gasteiger partial charge on any atom is -0.477 e. The van der Waals surface area contributed by atoms with Crippen molar-refractivity contribution >= 4 is 29.2 Å². The minimum absolute atomic E-state index is 0.0683. The van der Waals surface area contributed by atoms with Gasteiger partial charge in [0.1, 0.15) is 10.7 Å². The number of halogens is 2. The number of nitrogens with zero attached hydrogens (tertiary/aromatic N) is 1. The normalized spacial score (nSPS) is 10.9. The summed E-state index contributed by atoms with van der Waals surface area (Å²) in [6, 6.07) is 10.5. The molecule has 0 bridgehead atoms. The Morgan fingerprint density at radius 2 is 1.78 bits per heavy atom. The van der Waals surface area contributed by atoms with Gasteiger partial charge in [0.05, 0.1) is 5.02 Å². The molecule has 1 heterocycles. The Bertz CT molecular complexity index is 948. The number of hydrogen-bond donors (Lipinski definition) is 1. The zero-order chi connectivity index (χ0) is 16.7. The van der Waals surface area contributed by atoms with Crippen molar-refractivity contribution in [1.29, 1.82) is 0 Å². The molecule has 1 aliphatic carbocycles. The third-order valence-corrected chi connectivity index (χ3v) is 4.43. The highest BCUT2D eigenvalue weighted by molar-refractivity contribution is 6.42. The minimum atomic E-state index is -1.09. The lowest BCUT2D eigenvalue weighted by molar-refractivity contribution is 0.0686. The van der Waals surface area contributed by atoms with E-state index in [9.17, 15) is 14.7 Å². The van der Waals surface area contributed by atoms with Gasteiger partial charge >= 0.3 is 5.97 Å². The molecule has 0 saturated carbocycles. The first kappa shape index (κ1) is 15.6. The summed E-state index contributed by atoms with van der Waals surface area (Å²) in [5.74, 6) is -1.09. The number of aromatic nitrogens is 1. The smallest absolute Gasteiger partial charge is 0.353 e. The summed E-state index contributed by atoms with van der Waals surface area (Å²) >= 11 is 12.0. The van der Waals surface area contributed by atoms with Gasteiger partial charge in [0.2, 0.25) is 5.43 Å². The molecule has 1 aromatic rings. The van der Waals surface area contributed by atoms with Gasteiger partial charge in [-0.3, -0.25) is 4.79 Å². The van der Waals surface area contributed by atoms with Crippen LogP contribution in [0.15, 0.2) is 47.4 Å². The van der Waals surface area contributed by atoms with Gasteiger partial charge < -0.3 is 9.67 Å². The molecule has 4 nitrogen and oxygen atoms in total. The predicted octanol–water partition coefficient (Wildman–Crippen LogP) is 4.16.